The maximum atomic E-state index is 12.1. The second-order valence-electron chi connectivity index (χ2n) is 8.30. The highest BCUT2D eigenvalue weighted by molar-refractivity contribution is 14.0. The number of fused-ring (bicyclic) bond motifs is 1. The zero-order valence-corrected chi connectivity index (χ0v) is 21.7. The minimum Gasteiger partial charge on any atom is -0.493 e. The molecular weight excluding hydrogens is 519 g/mol. The molecule has 1 aliphatic heterocycles. The number of rotatable bonds is 7. The Balaban J connectivity index is 0.00000363. The highest BCUT2D eigenvalue weighted by atomic mass is 127. The van der Waals surface area contributed by atoms with Gasteiger partial charge in [-0.25, -0.2) is 0 Å². The summed E-state index contributed by atoms with van der Waals surface area (Å²) in [6.07, 6.45) is 0.456. The summed E-state index contributed by atoms with van der Waals surface area (Å²) in [5.41, 5.74) is 3.00. The number of guanidine groups is 1. The summed E-state index contributed by atoms with van der Waals surface area (Å²) in [6.45, 7) is 5.62. The Morgan fingerprint density at radius 3 is 2.53 bits per heavy atom. The molecular formula is C24H33IN4O3. The van der Waals surface area contributed by atoms with Gasteiger partial charge in [0.25, 0.3) is 0 Å². The number of para-hydroxylation sites is 1. The van der Waals surface area contributed by atoms with Crippen molar-refractivity contribution in [2.75, 3.05) is 39.7 Å². The van der Waals surface area contributed by atoms with Crippen molar-refractivity contribution in [2.24, 2.45) is 4.99 Å². The molecule has 1 amide bonds. The van der Waals surface area contributed by atoms with E-state index in [1.165, 1.54) is 0 Å². The van der Waals surface area contributed by atoms with Crippen LogP contribution in [0.3, 0.4) is 0 Å². The molecule has 0 fully saturated rings. The lowest BCUT2D eigenvalue weighted by molar-refractivity contribution is -0.116. The van der Waals surface area contributed by atoms with Gasteiger partial charge in [-0.1, -0.05) is 38.1 Å². The number of amides is 1. The first-order valence-corrected chi connectivity index (χ1v) is 10.4. The molecule has 0 radical (unpaired) electrons. The molecule has 0 spiro atoms. The number of nitrogens with zero attached hydrogens (tertiary/aromatic N) is 1. The van der Waals surface area contributed by atoms with Crippen LogP contribution in [-0.4, -0.2) is 46.2 Å². The Bertz CT molecular complexity index is 962. The number of ether oxygens (including phenoxy) is 2. The van der Waals surface area contributed by atoms with Crippen molar-refractivity contribution in [1.29, 1.82) is 0 Å². The minimum absolute atomic E-state index is 0. The molecule has 1 atom stereocenters. The highest BCUT2D eigenvalue weighted by Gasteiger charge is 2.26. The van der Waals surface area contributed by atoms with Gasteiger partial charge < -0.3 is 25.4 Å². The van der Waals surface area contributed by atoms with Gasteiger partial charge in [0, 0.05) is 43.6 Å². The van der Waals surface area contributed by atoms with E-state index in [1.54, 1.807) is 21.3 Å². The molecule has 8 heteroatoms. The van der Waals surface area contributed by atoms with Crippen LogP contribution in [0.5, 0.6) is 11.5 Å². The number of hydrogen-bond donors (Lipinski definition) is 3. The molecule has 0 aromatic heterocycles. The van der Waals surface area contributed by atoms with Crippen LogP contribution in [0.2, 0.25) is 0 Å². The van der Waals surface area contributed by atoms with Gasteiger partial charge in [-0.3, -0.25) is 9.79 Å². The topological polar surface area (TPSA) is 84.0 Å². The molecule has 3 N–H and O–H groups in total. The summed E-state index contributed by atoms with van der Waals surface area (Å²) in [5, 5.41) is 9.74. The Kier molecular flexibility index (Phi) is 9.18. The molecule has 3 rings (SSSR count). The Labute approximate surface area is 207 Å². The summed E-state index contributed by atoms with van der Waals surface area (Å²) in [4.78, 5) is 16.4. The summed E-state index contributed by atoms with van der Waals surface area (Å²) < 4.78 is 10.8. The first-order chi connectivity index (χ1) is 14.9. The predicted molar refractivity (Wildman–Crippen MR) is 140 cm³/mol. The van der Waals surface area contributed by atoms with Crippen molar-refractivity contribution >= 4 is 41.5 Å². The van der Waals surface area contributed by atoms with Crippen LogP contribution >= 0.6 is 24.0 Å². The predicted octanol–water partition coefficient (Wildman–Crippen LogP) is 3.89. The first kappa shape index (κ1) is 25.8. The SMILES string of the molecule is CN=C(NCC1CC(=O)Nc2ccccc21)NCC(C)(C)c1ccc(OC)c(OC)c1.I. The Hall–Kier alpha value is -2.49. The van der Waals surface area contributed by atoms with Crippen molar-refractivity contribution in [3.8, 4) is 11.5 Å². The number of aliphatic imine (C=N–C) groups is 1. The van der Waals surface area contributed by atoms with Gasteiger partial charge in [-0.15, -0.1) is 24.0 Å². The molecule has 0 aliphatic carbocycles. The van der Waals surface area contributed by atoms with E-state index in [-0.39, 0.29) is 41.2 Å². The molecule has 32 heavy (non-hydrogen) atoms. The van der Waals surface area contributed by atoms with Crippen molar-refractivity contribution in [3.05, 3.63) is 53.6 Å². The van der Waals surface area contributed by atoms with E-state index in [0.29, 0.717) is 37.0 Å². The van der Waals surface area contributed by atoms with Crippen LogP contribution in [-0.2, 0) is 10.2 Å². The van der Waals surface area contributed by atoms with Crippen LogP contribution in [0.25, 0.3) is 0 Å². The quantitative estimate of drug-likeness (QED) is 0.276. The van der Waals surface area contributed by atoms with Crippen LogP contribution in [0.4, 0.5) is 5.69 Å². The van der Waals surface area contributed by atoms with Crippen LogP contribution in [0.15, 0.2) is 47.5 Å². The summed E-state index contributed by atoms with van der Waals surface area (Å²) in [7, 11) is 5.02. The zero-order chi connectivity index (χ0) is 22.4. The largest absolute Gasteiger partial charge is 0.493 e. The fourth-order valence-corrected chi connectivity index (χ4v) is 3.79. The molecule has 7 nitrogen and oxygen atoms in total. The summed E-state index contributed by atoms with van der Waals surface area (Å²) >= 11 is 0. The average molecular weight is 552 g/mol. The van der Waals surface area contributed by atoms with Crippen molar-refractivity contribution < 1.29 is 14.3 Å². The standard InChI is InChI=1S/C24H32N4O3.HI/c1-24(2,17-10-11-20(30-4)21(13-17)31-5)15-27-23(25-3)26-14-16-12-22(29)28-19-9-7-6-8-18(16)19;/h6-11,13,16H,12,14-15H2,1-5H3,(H,28,29)(H2,25,26,27);1H. The van der Waals surface area contributed by atoms with E-state index in [1.807, 2.05) is 30.3 Å². The Morgan fingerprint density at radius 2 is 1.84 bits per heavy atom. The lowest BCUT2D eigenvalue weighted by Gasteiger charge is -2.29. The third kappa shape index (κ3) is 6.05. The monoisotopic (exact) mass is 552 g/mol. The third-order valence-electron chi connectivity index (χ3n) is 5.71. The molecule has 1 unspecified atom stereocenters. The summed E-state index contributed by atoms with van der Waals surface area (Å²) in [5.74, 6) is 2.27. The van der Waals surface area contributed by atoms with Gasteiger partial charge in [0.1, 0.15) is 0 Å². The maximum absolute atomic E-state index is 12.1. The number of halogens is 1. The number of carbonyl (C=O) groups excluding carboxylic acids is 1. The van der Waals surface area contributed by atoms with Gasteiger partial charge in [0.15, 0.2) is 17.5 Å². The number of benzene rings is 2. The van der Waals surface area contributed by atoms with Crippen LogP contribution < -0.4 is 25.4 Å². The highest BCUT2D eigenvalue weighted by Crippen LogP contribution is 2.33. The van der Waals surface area contributed by atoms with Crippen LogP contribution in [0.1, 0.15) is 37.3 Å². The number of nitrogens with one attached hydrogen (secondary N) is 3. The summed E-state index contributed by atoms with van der Waals surface area (Å²) in [6, 6.07) is 13.9. The molecule has 2 aromatic rings. The third-order valence-corrected chi connectivity index (χ3v) is 5.71. The normalized spacial score (nSPS) is 15.7. The van der Waals surface area contributed by atoms with Gasteiger partial charge in [-0.05, 0) is 29.3 Å². The van der Waals surface area contributed by atoms with E-state index < -0.39 is 0 Å². The van der Waals surface area contributed by atoms with Crippen molar-refractivity contribution in [3.63, 3.8) is 0 Å². The lowest BCUT2D eigenvalue weighted by Crippen LogP contribution is -2.45. The van der Waals surface area contributed by atoms with Gasteiger partial charge in [0.05, 0.1) is 14.2 Å². The van der Waals surface area contributed by atoms with Crippen molar-refractivity contribution in [1.82, 2.24) is 10.6 Å². The zero-order valence-electron chi connectivity index (χ0n) is 19.3. The molecule has 0 bridgehead atoms. The van der Waals surface area contributed by atoms with Gasteiger partial charge in [-0.2, -0.15) is 0 Å². The molecule has 1 heterocycles. The Morgan fingerprint density at radius 1 is 1.12 bits per heavy atom. The van der Waals surface area contributed by atoms with E-state index in [2.05, 4.69) is 46.9 Å². The van der Waals surface area contributed by atoms with E-state index >= 15 is 0 Å². The molecule has 1 aliphatic rings. The molecule has 174 valence electrons. The second kappa shape index (κ2) is 11.4. The smallest absolute Gasteiger partial charge is 0.225 e. The lowest BCUT2D eigenvalue weighted by atomic mass is 9.84. The fourth-order valence-electron chi connectivity index (χ4n) is 3.79. The first-order valence-electron chi connectivity index (χ1n) is 10.4. The number of methoxy groups -OCH3 is 2. The molecule has 2 aromatic carbocycles. The maximum Gasteiger partial charge on any atom is 0.225 e. The average Bonchev–Trinajstić information content (AvgIpc) is 2.78. The van der Waals surface area contributed by atoms with Gasteiger partial charge in [0.2, 0.25) is 5.91 Å². The molecule has 0 saturated heterocycles. The number of hydrogen-bond acceptors (Lipinski definition) is 4. The van der Waals surface area contributed by atoms with E-state index in [9.17, 15) is 4.79 Å². The van der Waals surface area contributed by atoms with Gasteiger partial charge >= 0.3 is 0 Å². The number of anilines is 1. The van der Waals surface area contributed by atoms with E-state index in [4.69, 9.17) is 9.47 Å². The van der Waals surface area contributed by atoms with Crippen LogP contribution in [0, 0.1) is 0 Å². The van der Waals surface area contributed by atoms with E-state index in [0.717, 1.165) is 16.8 Å². The van der Waals surface area contributed by atoms with Crippen molar-refractivity contribution in [2.45, 2.75) is 31.6 Å². The fraction of sp³-hybridized carbons (Fsp3) is 0.417. The minimum atomic E-state index is -0.172. The second-order valence-corrected chi connectivity index (χ2v) is 8.30. The number of carbonyl (C=O) groups is 1. The molecule has 0 saturated carbocycles.